The number of halogens is 2. The quantitative estimate of drug-likeness (QED) is 0.488. The number of aliphatic imine (C=N–C) groups is 1. The Morgan fingerprint density at radius 1 is 1.21 bits per heavy atom. The zero-order valence-corrected chi connectivity index (χ0v) is 17.0. The van der Waals surface area contributed by atoms with Crippen molar-refractivity contribution < 1.29 is 4.39 Å². The fourth-order valence-electron chi connectivity index (χ4n) is 2.93. The third-order valence-electron chi connectivity index (χ3n) is 4.47. The van der Waals surface area contributed by atoms with Gasteiger partial charge in [-0.15, -0.1) is 10.2 Å². The van der Waals surface area contributed by atoms with Crippen LogP contribution in [0.25, 0.3) is 5.65 Å². The summed E-state index contributed by atoms with van der Waals surface area (Å²) in [6.45, 7) is 7.79. The number of pyridine rings is 1. The van der Waals surface area contributed by atoms with Crippen LogP contribution in [0.2, 0.25) is 5.02 Å². The minimum atomic E-state index is -0.340. The van der Waals surface area contributed by atoms with Gasteiger partial charge in [-0.3, -0.25) is 4.40 Å². The van der Waals surface area contributed by atoms with Crippen molar-refractivity contribution in [1.82, 2.24) is 25.2 Å². The van der Waals surface area contributed by atoms with Gasteiger partial charge in [-0.25, -0.2) is 9.38 Å². The average Bonchev–Trinajstić information content (AvgIpc) is 3.07. The summed E-state index contributed by atoms with van der Waals surface area (Å²) in [5.41, 5.74) is 1.35. The number of hydrogen-bond donors (Lipinski definition) is 2. The Bertz CT molecular complexity index is 982. The molecule has 6 nitrogen and oxygen atoms in total. The summed E-state index contributed by atoms with van der Waals surface area (Å²) >= 11 is 6.24. The topological polar surface area (TPSA) is 66.6 Å². The Morgan fingerprint density at radius 2 is 2.04 bits per heavy atom. The summed E-state index contributed by atoms with van der Waals surface area (Å²) in [5, 5.41) is 15.3. The van der Waals surface area contributed by atoms with Gasteiger partial charge in [0, 0.05) is 29.7 Å². The Balaban J connectivity index is 1.72. The normalized spacial score (nSPS) is 12.4. The number of hydrogen-bond acceptors (Lipinski definition) is 3. The van der Waals surface area contributed by atoms with Crippen LogP contribution in [-0.2, 0) is 12.0 Å². The lowest BCUT2D eigenvalue weighted by atomic mass is 9.84. The highest BCUT2D eigenvalue weighted by atomic mass is 35.5. The predicted octanol–water partition coefficient (Wildman–Crippen LogP) is 3.55. The standard InChI is InChI=1S/C20H24ClFN6/c1-4-23-19(24-12-18-27-26-17-7-5-6-10-28(17)18)25-13-20(2,3)15-9-8-14(22)11-16(15)21/h5-11H,4,12-13H2,1-3H3,(H2,23,24,25). The molecule has 2 heterocycles. The van der Waals surface area contributed by atoms with Crippen molar-refractivity contribution in [2.24, 2.45) is 4.99 Å². The van der Waals surface area contributed by atoms with Crippen LogP contribution < -0.4 is 10.6 Å². The molecule has 0 fully saturated rings. The van der Waals surface area contributed by atoms with Crippen molar-refractivity contribution >= 4 is 23.2 Å². The molecule has 0 aliphatic heterocycles. The molecule has 8 heteroatoms. The van der Waals surface area contributed by atoms with Crippen LogP contribution in [0.15, 0.2) is 47.6 Å². The van der Waals surface area contributed by atoms with E-state index in [1.807, 2.05) is 35.7 Å². The third-order valence-corrected chi connectivity index (χ3v) is 4.78. The van der Waals surface area contributed by atoms with Crippen LogP contribution >= 0.6 is 11.6 Å². The van der Waals surface area contributed by atoms with E-state index >= 15 is 0 Å². The minimum absolute atomic E-state index is 0.317. The van der Waals surface area contributed by atoms with Gasteiger partial charge in [0.1, 0.15) is 12.4 Å². The van der Waals surface area contributed by atoms with E-state index < -0.39 is 0 Å². The van der Waals surface area contributed by atoms with E-state index in [-0.39, 0.29) is 11.2 Å². The van der Waals surface area contributed by atoms with Crippen molar-refractivity contribution in [2.45, 2.75) is 32.7 Å². The molecule has 148 valence electrons. The number of benzene rings is 1. The lowest BCUT2D eigenvalue weighted by molar-refractivity contribution is 0.507. The molecular weight excluding hydrogens is 379 g/mol. The van der Waals surface area contributed by atoms with Gasteiger partial charge in [0.05, 0.1) is 0 Å². The molecular formula is C20H24ClFN6. The Kier molecular flexibility index (Phi) is 6.14. The molecule has 0 unspecified atom stereocenters. The van der Waals surface area contributed by atoms with Gasteiger partial charge >= 0.3 is 0 Å². The highest BCUT2D eigenvalue weighted by Gasteiger charge is 2.24. The summed E-state index contributed by atoms with van der Waals surface area (Å²) in [6, 6.07) is 10.3. The number of nitrogens with one attached hydrogen (secondary N) is 2. The second kappa shape index (κ2) is 8.56. The highest BCUT2D eigenvalue weighted by molar-refractivity contribution is 6.31. The first-order valence-electron chi connectivity index (χ1n) is 9.17. The number of nitrogens with zero attached hydrogens (tertiary/aromatic N) is 4. The Morgan fingerprint density at radius 3 is 2.79 bits per heavy atom. The smallest absolute Gasteiger partial charge is 0.191 e. The molecule has 3 rings (SSSR count). The number of fused-ring (bicyclic) bond motifs is 1. The molecule has 1 aromatic carbocycles. The van der Waals surface area contributed by atoms with Crippen LogP contribution in [0.4, 0.5) is 4.39 Å². The van der Waals surface area contributed by atoms with E-state index in [0.29, 0.717) is 24.1 Å². The summed E-state index contributed by atoms with van der Waals surface area (Å²) in [6.07, 6.45) is 1.92. The molecule has 0 amide bonds. The van der Waals surface area contributed by atoms with E-state index in [9.17, 15) is 4.39 Å². The number of aromatic nitrogens is 3. The first-order chi connectivity index (χ1) is 13.4. The van der Waals surface area contributed by atoms with Gasteiger partial charge in [0.25, 0.3) is 0 Å². The Labute approximate surface area is 168 Å². The molecule has 0 bridgehead atoms. The maximum atomic E-state index is 13.4. The number of guanidine groups is 1. The minimum Gasteiger partial charge on any atom is -0.357 e. The molecule has 2 N–H and O–H groups in total. The average molecular weight is 403 g/mol. The van der Waals surface area contributed by atoms with Crippen molar-refractivity contribution in [2.75, 3.05) is 13.1 Å². The maximum Gasteiger partial charge on any atom is 0.191 e. The van der Waals surface area contributed by atoms with E-state index in [4.69, 9.17) is 11.6 Å². The molecule has 0 aliphatic rings. The van der Waals surface area contributed by atoms with Crippen molar-refractivity contribution in [3.05, 3.63) is 64.8 Å². The van der Waals surface area contributed by atoms with Crippen molar-refractivity contribution in [3.8, 4) is 0 Å². The van der Waals surface area contributed by atoms with Crippen LogP contribution in [0.5, 0.6) is 0 Å². The largest absolute Gasteiger partial charge is 0.357 e. The van der Waals surface area contributed by atoms with E-state index in [1.54, 1.807) is 6.07 Å². The number of rotatable bonds is 6. The highest BCUT2D eigenvalue weighted by Crippen LogP contribution is 2.29. The summed E-state index contributed by atoms with van der Waals surface area (Å²) in [5.74, 6) is 1.09. The van der Waals surface area contributed by atoms with Crippen molar-refractivity contribution in [3.63, 3.8) is 0 Å². The van der Waals surface area contributed by atoms with E-state index in [1.165, 1.54) is 12.1 Å². The predicted molar refractivity (Wildman–Crippen MR) is 110 cm³/mol. The zero-order chi connectivity index (χ0) is 20.1. The Hall–Kier alpha value is -2.67. The van der Waals surface area contributed by atoms with Gasteiger partial charge in [-0.1, -0.05) is 37.6 Å². The molecule has 0 spiro atoms. The summed E-state index contributed by atoms with van der Waals surface area (Å²) < 4.78 is 15.3. The lowest BCUT2D eigenvalue weighted by Crippen LogP contribution is -2.43. The first-order valence-corrected chi connectivity index (χ1v) is 9.55. The molecule has 0 atom stereocenters. The molecule has 0 aliphatic carbocycles. The van der Waals surface area contributed by atoms with E-state index in [2.05, 4.69) is 39.7 Å². The third kappa shape index (κ3) is 4.59. The van der Waals surface area contributed by atoms with Crippen LogP contribution in [0.1, 0.15) is 32.2 Å². The van der Waals surface area contributed by atoms with Gasteiger partial charge in [-0.2, -0.15) is 0 Å². The van der Waals surface area contributed by atoms with Gasteiger partial charge in [-0.05, 0) is 36.8 Å². The van der Waals surface area contributed by atoms with Crippen molar-refractivity contribution in [1.29, 1.82) is 0 Å². The van der Waals surface area contributed by atoms with Crippen LogP contribution in [0.3, 0.4) is 0 Å². The van der Waals surface area contributed by atoms with Crippen LogP contribution in [0, 0.1) is 5.82 Å². The SMILES string of the molecule is CCNC(=NCc1nnc2ccccn12)NCC(C)(C)c1ccc(F)cc1Cl. The van der Waals surface area contributed by atoms with Gasteiger partial charge < -0.3 is 10.6 Å². The second-order valence-corrected chi connectivity index (χ2v) is 7.51. The van der Waals surface area contributed by atoms with E-state index in [0.717, 1.165) is 23.6 Å². The molecule has 3 aromatic rings. The second-order valence-electron chi connectivity index (χ2n) is 7.10. The first kappa shape index (κ1) is 20.1. The molecule has 0 saturated carbocycles. The molecule has 28 heavy (non-hydrogen) atoms. The molecule has 0 radical (unpaired) electrons. The molecule has 0 saturated heterocycles. The zero-order valence-electron chi connectivity index (χ0n) is 16.2. The molecule has 2 aromatic heterocycles. The maximum absolute atomic E-state index is 13.4. The van der Waals surface area contributed by atoms with Gasteiger partial charge in [0.15, 0.2) is 17.4 Å². The van der Waals surface area contributed by atoms with Gasteiger partial charge in [0.2, 0.25) is 0 Å². The fraction of sp³-hybridized carbons (Fsp3) is 0.350. The summed E-state index contributed by atoms with van der Waals surface area (Å²) in [7, 11) is 0. The van der Waals surface area contributed by atoms with Crippen LogP contribution in [-0.4, -0.2) is 33.6 Å². The fourth-order valence-corrected chi connectivity index (χ4v) is 3.35. The lowest BCUT2D eigenvalue weighted by Gasteiger charge is -2.27. The summed E-state index contributed by atoms with van der Waals surface area (Å²) in [4.78, 5) is 4.62. The monoisotopic (exact) mass is 402 g/mol.